The number of hydrogen-bond acceptors (Lipinski definition) is 4. The summed E-state index contributed by atoms with van der Waals surface area (Å²) in [6.45, 7) is 4.70. The number of amides is 2. The third-order valence-corrected chi connectivity index (χ3v) is 6.55. The maximum absolute atomic E-state index is 12.6. The summed E-state index contributed by atoms with van der Waals surface area (Å²) in [7, 11) is 0. The van der Waals surface area contributed by atoms with Crippen LogP contribution in [0.1, 0.15) is 26.7 Å². The molecular weight excluding hydrogens is 292 g/mol. The van der Waals surface area contributed by atoms with Gasteiger partial charge in [-0.3, -0.25) is 14.4 Å². The molecule has 116 valence electrons. The summed E-state index contributed by atoms with van der Waals surface area (Å²) < 4.78 is 0. The van der Waals surface area contributed by atoms with Gasteiger partial charge in [-0.2, -0.15) is 0 Å². The molecule has 0 bridgehead atoms. The molecule has 0 aliphatic carbocycles. The summed E-state index contributed by atoms with van der Waals surface area (Å²) in [6.07, 6.45) is 1.32. The van der Waals surface area contributed by atoms with Crippen LogP contribution < -0.4 is 0 Å². The van der Waals surface area contributed by atoms with Crippen molar-refractivity contribution in [3.05, 3.63) is 0 Å². The second-order valence-electron chi connectivity index (χ2n) is 6.40. The number of likely N-dealkylation sites (tertiary alicyclic amines) is 1. The van der Waals surface area contributed by atoms with Crippen molar-refractivity contribution in [1.82, 2.24) is 9.80 Å². The van der Waals surface area contributed by atoms with E-state index in [4.69, 9.17) is 5.11 Å². The highest BCUT2D eigenvalue weighted by Crippen LogP contribution is 2.47. The first-order valence-corrected chi connectivity index (χ1v) is 8.30. The largest absolute Gasteiger partial charge is 0.481 e. The molecule has 6 nitrogen and oxygen atoms in total. The Labute approximate surface area is 127 Å². The first kappa shape index (κ1) is 14.7. The Morgan fingerprint density at radius 1 is 1.43 bits per heavy atom. The van der Waals surface area contributed by atoms with Gasteiger partial charge in [0.1, 0.15) is 6.04 Å². The van der Waals surface area contributed by atoms with Crippen LogP contribution in [0.25, 0.3) is 0 Å². The quantitative estimate of drug-likeness (QED) is 0.826. The van der Waals surface area contributed by atoms with E-state index in [-0.39, 0.29) is 28.6 Å². The fourth-order valence-corrected chi connectivity index (χ4v) is 4.85. The Kier molecular flexibility index (Phi) is 3.43. The summed E-state index contributed by atoms with van der Waals surface area (Å²) in [5, 5.41) is 8.99. The highest BCUT2D eigenvalue weighted by atomic mass is 32.2. The third-order valence-electron chi connectivity index (χ3n) is 5.05. The Hall–Kier alpha value is -1.24. The molecule has 0 spiro atoms. The molecule has 3 saturated heterocycles. The third kappa shape index (κ3) is 2.22. The SMILES string of the molecule is CC(C(=O)O)C1CN(C(=O)C2CSC3(C)CCC(=O)N23)C1. The molecule has 3 atom stereocenters. The summed E-state index contributed by atoms with van der Waals surface area (Å²) in [6, 6.07) is -0.365. The van der Waals surface area contributed by atoms with Crippen molar-refractivity contribution >= 4 is 29.5 Å². The minimum atomic E-state index is -0.814. The molecule has 1 N–H and O–H groups in total. The lowest BCUT2D eigenvalue weighted by Crippen LogP contribution is -2.59. The normalized spacial score (nSPS) is 33.8. The molecule has 3 heterocycles. The standard InChI is InChI=1S/C14H20N2O4S/c1-8(13(19)20)9-5-15(6-9)12(18)10-7-21-14(2)4-3-11(17)16(10)14/h8-10H,3-7H2,1-2H3,(H,19,20). The molecule has 21 heavy (non-hydrogen) atoms. The second kappa shape index (κ2) is 4.90. The van der Waals surface area contributed by atoms with E-state index >= 15 is 0 Å². The van der Waals surface area contributed by atoms with Gasteiger partial charge in [0, 0.05) is 31.2 Å². The van der Waals surface area contributed by atoms with Gasteiger partial charge in [-0.1, -0.05) is 6.92 Å². The van der Waals surface area contributed by atoms with E-state index in [2.05, 4.69) is 0 Å². The highest BCUT2D eigenvalue weighted by Gasteiger charge is 2.54. The molecule has 3 aliphatic heterocycles. The molecule has 0 radical (unpaired) electrons. The van der Waals surface area contributed by atoms with Crippen LogP contribution >= 0.6 is 11.8 Å². The Morgan fingerprint density at radius 2 is 2.10 bits per heavy atom. The molecule has 3 unspecified atom stereocenters. The fraction of sp³-hybridized carbons (Fsp3) is 0.786. The summed E-state index contributed by atoms with van der Waals surface area (Å²) in [5.41, 5.74) is 0. The van der Waals surface area contributed by atoms with Crippen molar-refractivity contribution in [2.75, 3.05) is 18.8 Å². The molecule has 3 rings (SSSR count). The topological polar surface area (TPSA) is 77.9 Å². The fourth-order valence-electron chi connectivity index (χ4n) is 3.42. The van der Waals surface area contributed by atoms with E-state index in [9.17, 15) is 14.4 Å². The maximum Gasteiger partial charge on any atom is 0.306 e. The van der Waals surface area contributed by atoms with Crippen LogP contribution in [0, 0.1) is 11.8 Å². The van der Waals surface area contributed by atoms with Crippen molar-refractivity contribution in [1.29, 1.82) is 0 Å². The van der Waals surface area contributed by atoms with Gasteiger partial charge in [0.25, 0.3) is 0 Å². The van der Waals surface area contributed by atoms with Crippen molar-refractivity contribution in [3.8, 4) is 0 Å². The molecule has 3 fully saturated rings. The Morgan fingerprint density at radius 3 is 2.71 bits per heavy atom. The van der Waals surface area contributed by atoms with Crippen molar-refractivity contribution in [2.24, 2.45) is 11.8 Å². The molecule has 2 amide bonds. The Balaban J connectivity index is 1.63. The smallest absolute Gasteiger partial charge is 0.306 e. The average molecular weight is 312 g/mol. The lowest BCUT2D eigenvalue weighted by atomic mass is 9.86. The monoisotopic (exact) mass is 312 g/mol. The number of rotatable bonds is 3. The van der Waals surface area contributed by atoms with Crippen LogP contribution in [0.2, 0.25) is 0 Å². The van der Waals surface area contributed by atoms with E-state index in [0.717, 1.165) is 6.42 Å². The number of hydrogen-bond donors (Lipinski definition) is 1. The average Bonchev–Trinajstić information content (AvgIpc) is 2.85. The van der Waals surface area contributed by atoms with Gasteiger partial charge >= 0.3 is 5.97 Å². The number of nitrogens with zero attached hydrogens (tertiary/aromatic N) is 2. The minimum Gasteiger partial charge on any atom is -0.481 e. The molecular formula is C14H20N2O4S. The van der Waals surface area contributed by atoms with Crippen molar-refractivity contribution < 1.29 is 19.5 Å². The minimum absolute atomic E-state index is 0.0182. The zero-order chi connectivity index (χ0) is 15.4. The van der Waals surface area contributed by atoms with Gasteiger partial charge in [-0.05, 0) is 13.3 Å². The van der Waals surface area contributed by atoms with E-state index in [1.807, 2.05) is 6.92 Å². The first-order chi connectivity index (χ1) is 9.83. The van der Waals surface area contributed by atoms with Gasteiger partial charge in [0.15, 0.2) is 0 Å². The summed E-state index contributed by atoms with van der Waals surface area (Å²) >= 11 is 1.68. The number of carbonyl (C=O) groups excluding carboxylic acids is 2. The van der Waals surface area contributed by atoms with Gasteiger partial charge < -0.3 is 14.9 Å². The highest BCUT2D eigenvalue weighted by molar-refractivity contribution is 8.01. The van der Waals surface area contributed by atoms with Crippen LogP contribution in [-0.4, -0.2) is 62.4 Å². The van der Waals surface area contributed by atoms with Crippen LogP contribution in [0.15, 0.2) is 0 Å². The second-order valence-corrected chi connectivity index (χ2v) is 7.90. The van der Waals surface area contributed by atoms with Crippen LogP contribution in [0.5, 0.6) is 0 Å². The van der Waals surface area contributed by atoms with Crippen LogP contribution in [-0.2, 0) is 14.4 Å². The number of thioether (sulfide) groups is 1. The number of aliphatic carboxylic acids is 1. The lowest BCUT2D eigenvalue weighted by molar-refractivity contribution is -0.154. The number of carbonyl (C=O) groups is 3. The summed E-state index contributed by atoms with van der Waals surface area (Å²) in [4.78, 5) is 38.8. The van der Waals surface area contributed by atoms with E-state index < -0.39 is 11.9 Å². The van der Waals surface area contributed by atoms with Gasteiger partial charge in [-0.15, -0.1) is 11.8 Å². The predicted octanol–water partition coefficient (Wildman–Crippen LogP) is 0.619. The molecule has 0 aromatic heterocycles. The van der Waals surface area contributed by atoms with E-state index in [1.165, 1.54) is 0 Å². The predicted molar refractivity (Wildman–Crippen MR) is 77.6 cm³/mol. The molecule has 0 saturated carbocycles. The lowest BCUT2D eigenvalue weighted by Gasteiger charge is -2.43. The first-order valence-electron chi connectivity index (χ1n) is 7.31. The maximum atomic E-state index is 12.6. The van der Waals surface area contributed by atoms with Crippen LogP contribution in [0.3, 0.4) is 0 Å². The van der Waals surface area contributed by atoms with Crippen molar-refractivity contribution in [3.63, 3.8) is 0 Å². The van der Waals surface area contributed by atoms with Crippen LogP contribution in [0.4, 0.5) is 0 Å². The molecule has 3 aliphatic rings. The number of fused-ring (bicyclic) bond motifs is 1. The van der Waals surface area contributed by atoms with Crippen molar-refractivity contribution in [2.45, 2.75) is 37.6 Å². The molecule has 7 heteroatoms. The zero-order valence-electron chi connectivity index (χ0n) is 12.2. The number of carboxylic acids is 1. The number of carboxylic acid groups (broad SMARTS) is 1. The van der Waals surface area contributed by atoms with E-state index in [0.29, 0.717) is 25.3 Å². The molecule has 0 aromatic carbocycles. The van der Waals surface area contributed by atoms with Gasteiger partial charge in [0.05, 0.1) is 10.8 Å². The zero-order valence-corrected chi connectivity index (χ0v) is 13.1. The molecule has 0 aromatic rings. The van der Waals surface area contributed by atoms with Gasteiger partial charge in [0.2, 0.25) is 11.8 Å². The van der Waals surface area contributed by atoms with E-state index in [1.54, 1.807) is 28.5 Å². The van der Waals surface area contributed by atoms with Gasteiger partial charge in [-0.25, -0.2) is 0 Å². The Bertz CT molecular complexity index is 505. The summed E-state index contributed by atoms with van der Waals surface area (Å²) in [5.74, 6) is -0.513.